The topological polar surface area (TPSA) is 147 Å². The van der Waals surface area contributed by atoms with Crippen molar-refractivity contribution < 1.29 is 27.4 Å². The number of nitrogens with two attached hydrogens (primary N) is 1. The van der Waals surface area contributed by atoms with Crippen molar-refractivity contribution in [2.45, 2.75) is 18.5 Å². The van der Waals surface area contributed by atoms with Gasteiger partial charge in [0.2, 0.25) is 16.0 Å². The van der Waals surface area contributed by atoms with Crippen LogP contribution in [0.1, 0.15) is 16.9 Å². The fourth-order valence-electron chi connectivity index (χ4n) is 2.98. The monoisotopic (exact) mass is 439 g/mol. The SMILES string of the molecule is CN1C(N)=NC(C2=CC(NC(=O)c3ccc(OCCO)cn3)CC=C2F)CS1(=O)=O. The number of rotatable bonds is 6. The zero-order valence-corrected chi connectivity index (χ0v) is 17.0. The van der Waals surface area contributed by atoms with E-state index in [2.05, 4.69) is 15.3 Å². The van der Waals surface area contributed by atoms with Crippen LogP contribution in [0.25, 0.3) is 0 Å². The highest BCUT2D eigenvalue weighted by Gasteiger charge is 2.34. The van der Waals surface area contributed by atoms with Crippen LogP contribution in [0.5, 0.6) is 5.75 Å². The van der Waals surface area contributed by atoms with Crippen molar-refractivity contribution in [3.63, 3.8) is 0 Å². The number of nitrogens with zero attached hydrogens (tertiary/aromatic N) is 3. The summed E-state index contributed by atoms with van der Waals surface area (Å²) in [5.41, 5.74) is 5.84. The van der Waals surface area contributed by atoms with Crippen molar-refractivity contribution in [1.29, 1.82) is 0 Å². The lowest BCUT2D eigenvalue weighted by molar-refractivity contribution is 0.0939. The molecule has 1 aromatic rings. The van der Waals surface area contributed by atoms with Crippen LogP contribution in [0.4, 0.5) is 4.39 Å². The van der Waals surface area contributed by atoms with E-state index >= 15 is 0 Å². The van der Waals surface area contributed by atoms with E-state index < -0.39 is 39.6 Å². The summed E-state index contributed by atoms with van der Waals surface area (Å²) in [6, 6.07) is 1.43. The van der Waals surface area contributed by atoms with E-state index in [9.17, 15) is 17.6 Å². The Hall–Kier alpha value is -2.99. The number of hydrogen-bond donors (Lipinski definition) is 3. The molecule has 2 heterocycles. The highest BCUT2D eigenvalue weighted by Crippen LogP contribution is 2.28. The van der Waals surface area contributed by atoms with E-state index in [1.807, 2.05) is 0 Å². The van der Waals surface area contributed by atoms with Crippen LogP contribution >= 0.6 is 0 Å². The number of carbonyl (C=O) groups is 1. The van der Waals surface area contributed by atoms with Gasteiger partial charge in [-0.2, -0.15) is 0 Å². The van der Waals surface area contributed by atoms with Crippen molar-refractivity contribution in [1.82, 2.24) is 14.6 Å². The average molecular weight is 439 g/mol. The number of ether oxygens (including phenoxy) is 1. The maximum absolute atomic E-state index is 14.4. The second-order valence-electron chi connectivity index (χ2n) is 6.69. The highest BCUT2D eigenvalue weighted by atomic mass is 32.2. The van der Waals surface area contributed by atoms with Crippen molar-refractivity contribution in [3.05, 3.63) is 47.6 Å². The molecule has 4 N–H and O–H groups in total. The van der Waals surface area contributed by atoms with Gasteiger partial charge in [-0.1, -0.05) is 6.08 Å². The number of aliphatic hydroxyl groups excluding tert-OH is 1. The first-order valence-electron chi connectivity index (χ1n) is 9.09. The Bertz CT molecular complexity index is 1010. The van der Waals surface area contributed by atoms with Crippen LogP contribution in [0.2, 0.25) is 0 Å². The Kier molecular flexibility index (Phi) is 6.37. The number of amides is 1. The molecule has 2 unspecified atom stereocenters. The van der Waals surface area contributed by atoms with E-state index in [4.69, 9.17) is 15.6 Å². The molecule has 0 aromatic carbocycles. The molecule has 0 saturated heterocycles. The molecule has 2 atom stereocenters. The van der Waals surface area contributed by atoms with Crippen molar-refractivity contribution in [2.24, 2.45) is 10.7 Å². The minimum Gasteiger partial charge on any atom is -0.490 e. The van der Waals surface area contributed by atoms with E-state index in [1.165, 1.54) is 31.5 Å². The van der Waals surface area contributed by atoms with Gasteiger partial charge in [0.05, 0.1) is 30.6 Å². The molecule has 1 aliphatic carbocycles. The quantitative estimate of drug-likeness (QED) is 0.551. The summed E-state index contributed by atoms with van der Waals surface area (Å²) in [5, 5.41) is 11.5. The first-order valence-corrected chi connectivity index (χ1v) is 10.7. The molecule has 10 nitrogen and oxygen atoms in total. The van der Waals surface area contributed by atoms with Gasteiger partial charge in [0.25, 0.3) is 5.91 Å². The Balaban J connectivity index is 1.73. The number of carbonyl (C=O) groups excluding carboxylic acids is 1. The van der Waals surface area contributed by atoms with Gasteiger partial charge < -0.3 is 20.9 Å². The molecule has 1 aliphatic heterocycles. The molecule has 1 amide bonds. The molecule has 0 bridgehead atoms. The summed E-state index contributed by atoms with van der Waals surface area (Å²) < 4.78 is 44.8. The van der Waals surface area contributed by atoms with Crippen LogP contribution in [0.15, 0.2) is 46.9 Å². The molecule has 2 aliphatic rings. The summed E-state index contributed by atoms with van der Waals surface area (Å²) in [6.07, 6.45) is 4.27. The molecule has 0 fully saturated rings. The maximum atomic E-state index is 14.4. The first-order chi connectivity index (χ1) is 14.2. The van der Waals surface area contributed by atoms with Crippen molar-refractivity contribution in [3.8, 4) is 5.75 Å². The Labute approximate surface area is 173 Å². The second kappa shape index (κ2) is 8.79. The van der Waals surface area contributed by atoms with Gasteiger partial charge in [0.1, 0.15) is 23.9 Å². The molecular formula is C18H22FN5O5S. The summed E-state index contributed by atoms with van der Waals surface area (Å²) >= 11 is 0. The van der Waals surface area contributed by atoms with Gasteiger partial charge in [0.15, 0.2) is 0 Å². The standard InChI is InChI=1S/C18H22FN5O5S/c1-24-18(20)23-16(10-30(24,27)28)13-8-11(2-4-14(13)19)22-17(26)15-5-3-12(9-21-15)29-7-6-25/h3-5,8-9,11,16,25H,2,6-7,10H2,1H3,(H2,20,23)(H,22,26). The summed E-state index contributed by atoms with van der Waals surface area (Å²) in [6.45, 7) is -0.0304. The first kappa shape index (κ1) is 21.7. The predicted octanol–water partition coefficient (Wildman–Crippen LogP) is -0.307. The fourth-order valence-corrected chi connectivity index (χ4v) is 4.19. The fraction of sp³-hybridized carbons (Fsp3) is 0.389. The Morgan fingerprint density at radius 3 is 2.87 bits per heavy atom. The van der Waals surface area contributed by atoms with Crippen LogP contribution in [0.3, 0.4) is 0 Å². The lowest BCUT2D eigenvalue weighted by Crippen LogP contribution is -2.48. The van der Waals surface area contributed by atoms with Gasteiger partial charge in [-0.3, -0.25) is 4.79 Å². The zero-order chi connectivity index (χ0) is 21.9. The van der Waals surface area contributed by atoms with Crippen molar-refractivity contribution in [2.75, 3.05) is 26.0 Å². The van der Waals surface area contributed by atoms with E-state index in [0.29, 0.717) is 5.75 Å². The minimum atomic E-state index is -3.71. The van der Waals surface area contributed by atoms with E-state index in [0.717, 1.165) is 4.31 Å². The minimum absolute atomic E-state index is 0.0619. The number of aromatic nitrogens is 1. The Morgan fingerprint density at radius 1 is 1.47 bits per heavy atom. The number of halogens is 1. The predicted molar refractivity (Wildman–Crippen MR) is 107 cm³/mol. The number of aliphatic imine (C=N–C) groups is 1. The number of nitrogens with one attached hydrogen (secondary N) is 1. The average Bonchev–Trinajstić information content (AvgIpc) is 2.71. The molecule has 30 heavy (non-hydrogen) atoms. The molecule has 12 heteroatoms. The third-order valence-electron chi connectivity index (χ3n) is 4.61. The van der Waals surface area contributed by atoms with Gasteiger partial charge in [-0.05, 0) is 24.6 Å². The smallest absolute Gasteiger partial charge is 0.270 e. The largest absolute Gasteiger partial charge is 0.490 e. The molecule has 0 radical (unpaired) electrons. The maximum Gasteiger partial charge on any atom is 0.270 e. The Morgan fingerprint density at radius 2 is 2.23 bits per heavy atom. The van der Waals surface area contributed by atoms with Crippen LogP contribution < -0.4 is 15.8 Å². The normalized spacial score (nSPS) is 23.2. The lowest BCUT2D eigenvalue weighted by Gasteiger charge is -2.29. The van der Waals surface area contributed by atoms with Gasteiger partial charge >= 0.3 is 0 Å². The summed E-state index contributed by atoms with van der Waals surface area (Å²) in [4.78, 5) is 20.5. The number of guanidine groups is 1. The number of sulfonamides is 1. The lowest BCUT2D eigenvalue weighted by atomic mass is 9.96. The van der Waals surface area contributed by atoms with E-state index in [1.54, 1.807) is 6.07 Å². The molecule has 0 saturated carbocycles. The molecule has 0 spiro atoms. The molecule has 162 valence electrons. The number of pyridine rings is 1. The zero-order valence-electron chi connectivity index (χ0n) is 16.2. The van der Waals surface area contributed by atoms with Gasteiger partial charge in [-0.25, -0.2) is 27.1 Å². The molecule has 1 aromatic heterocycles. The second-order valence-corrected chi connectivity index (χ2v) is 8.73. The molecule has 3 rings (SSSR count). The third kappa shape index (κ3) is 4.76. The number of aliphatic hydroxyl groups is 1. The molecular weight excluding hydrogens is 417 g/mol. The van der Waals surface area contributed by atoms with Gasteiger partial charge in [0, 0.05) is 12.6 Å². The van der Waals surface area contributed by atoms with Crippen LogP contribution in [0, 0.1) is 0 Å². The third-order valence-corrected chi connectivity index (χ3v) is 6.37. The summed E-state index contributed by atoms with van der Waals surface area (Å²) in [5.74, 6) is -1.32. The van der Waals surface area contributed by atoms with Crippen molar-refractivity contribution >= 4 is 21.9 Å². The van der Waals surface area contributed by atoms with Crippen LogP contribution in [-0.2, 0) is 10.0 Å². The van der Waals surface area contributed by atoms with Crippen LogP contribution in [-0.4, -0.2) is 72.8 Å². The highest BCUT2D eigenvalue weighted by molar-refractivity contribution is 7.89. The van der Waals surface area contributed by atoms with E-state index in [-0.39, 0.29) is 36.9 Å². The summed E-state index contributed by atoms with van der Waals surface area (Å²) in [7, 11) is -2.43. The van der Waals surface area contributed by atoms with Gasteiger partial charge in [-0.15, -0.1) is 0 Å². The number of hydrogen-bond acceptors (Lipinski definition) is 8.